The molecule has 0 saturated carbocycles. The smallest absolute Gasteiger partial charge is 0.326 e. The summed E-state index contributed by atoms with van der Waals surface area (Å²) < 4.78 is 9.94. The Labute approximate surface area is 173 Å². The molecule has 0 fully saturated rings. The summed E-state index contributed by atoms with van der Waals surface area (Å²) in [4.78, 5) is 48.7. The van der Waals surface area contributed by atoms with Gasteiger partial charge in [-0.3, -0.25) is 14.4 Å². The highest BCUT2D eigenvalue weighted by Gasteiger charge is 2.34. The lowest BCUT2D eigenvalue weighted by molar-refractivity contribution is -0.141. The summed E-state index contributed by atoms with van der Waals surface area (Å²) >= 11 is 0. The van der Waals surface area contributed by atoms with Gasteiger partial charge in [-0.1, -0.05) is 12.1 Å². The number of hydrogen-bond donors (Lipinski definition) is 3. The Morgan fingerprint density at radius 3 is 2.13 bits per heavy atom. The number of ether oxygens (including phenoxy) is 2. The number of amides is 1. The molecule has 9 nitrogen and oxygen atoms in total. The molecule has 0 radical (unpaired) electrons. The number of carboxylic acids is 1. The van der Waals surface area contributed by atoms with Gasteiger partial charge in [0.1, 0.15) is 11.8 Å². The first-order valence-electron chi connectivity index (χ1n) is 9.11. The Hall–Kier alpha value is -3.62. The van der Waals surface area contributed by atoms with Crippen LogP contribution >= 0.6 is 0 Å². The molecule has 30 heavy (non-hydrogen) atoms. The van der Waals surface area contributed by atoms with Crippen molar-refractivity contribution < 1.29 is 38.9 Å². The normalized spacial score (nSPS) is 15.2. The molecule has 1 aromatic rings. The molecule has 0 saturated heterocycles. The number of hydrogen-bond acceptors (Lipinski definition) is 7. The summed E-state index contributed by atoms with van der Waals surface area (Å²) in [5, 5.41) is 21.1. The molecule has 9 heteroatoms. The van der Waals surface area contributed by atoms with Gasteiger partial charge in [-0.2, -0.15) is 0 Å². The van der Waals surface area contributed by atoms with Gasteiger partial charge in [0.2, 0.25) is 29.0 Å². The molecule has 2 rings (SSSR count). The number of phenolic OH excluding ortho intramolecular Hbond substituents is 1. The molecule has 0 spiro atoms. The number of carbonyl (C=O) groups excluding carboxylic acids is 3. The highest BCUT2D eigenvalue weighted by atomic mass is 16.5. The molecule has 1 aromatic carbocycles. The van der Waals surface area contributed by atoms with E-state index < -0.39 is 29.5 Å². The van der Waals surface area contributed by atoms with Crippen LogP contribution in [0.3, 0.4) is 0 Å². The van der Waals surface area contributed by atoms with Crippen LogP contribution in [0.25, 0.3) is 0 Å². The molecule has 1 aliphatic carbocycles. The number of aliphatic carboxylic acids is 1. The maximum absolute atomic E-state index is 12.6. The third-order valence-corrected chi connectivity index (χ3v) is 4.71. The second-order valence-corrected chi connectivity index (χ2v) is 6.66. The van der Waals surface area contributed by atoms with Gasteiger partial charge in [0.25, 0.3) is 0 Å². The number of nitrogens with one attached hydrogen (secondary N) is 1. The second-order valence-electron chi connectivity index (χ2n) is 6.66. The van der Waals surface area contributed by atoms with Crippen molar-refractivity contribution in [3.63, 3.8) is 0 Å². The van der Waals surface area contributed by atoms with E-state index in [1.165, 1.54) is 33.3 Å². The van der Waals surface area contributed by atoms with E-state index in [1.807, 2.05) is 0 Å². The number of phenols is 1. The minimum absolute atomic E-state index is 0.0221. The first kappa shape index (κ1) is 22.7. The van der Waals surface area contributed by atoms with Crippen molar-refractivity contribution in [1.29, 1.82) is 0 Å². The molecule has 1 aliphatic rings. The highest BCUT2D eigenvalue weighted by molar-refractivity contribution is 6.23. The number of carbonyl (C=O) groups is 4. The summed E-state index contributed by atoms with van der Waals surface area (Å²) in [5.41, 5.74) is 0.900. The SMILES string of the molecule is COC1=C(OC)C(=O)C(CCC(=O)N[C@@H](Cc2ccc(O)cc2)C(=O)O)=C(C)C1=O. The Morgan fingerprint density at radius 1 is 1.03 bits per heavy atom. The van der Waals surface area contributed by atoms with Crippen LogP contribution in [-0.4, -0.2) is 53.9 Å². The number of methoxy groups -OCH3 is 2. The molecule has 0 aromatic heterocycles. The zero-order valence-corrected chi connectivity index (χ0v) is 16.9. The summed E-state index contributed by atoms with van der Waals surface area (Å²) in [5.74, 6) is -3.20. The third-order valence-electron chi connectivity index (χ3n) is 4.71. The lowest BCUT2D eigenvalue weighted by Gasteiger charge is -2.20. The Kier molecular flexibility index (Phi) is 7.35. The number of carboxylic acid groups (broad SMARTS) is 1. The predicted molar refractivity (Wildman–Crippen MR) is 104 cm³/mol. The number of benzene rings is 1. The Balaban J connectivity index is 2.05. The lowest BCUT2D eigenvalue weighted by Crippen LogP contribution is -2.42. The van der Waals surface area contributed by atoms with Crippen molar-refractivity contribution in [2.45, 2.75) is 32.2 Å². The maximum Gasteiger partial charge on any atom is 0.326 e. The fraction of sp³-hybridized carbons (Fsp3) is 0.333. The van der Waals surface area contributed by atoms with Crippen molar-refractivity contribution >= 4 is 23.4 Å². The van der Waals surface area contributed by atoms with Crippen LogP contribution in [0.1, 0.15) is 25.3 Å². The van der Waals surface area contributed by atoms with E-state index >= 15 is 0 Å². The van der Waals surface area contributed by atoms with Crippen molar-refractivity contribution in [2.24, 2.45) is 0 Å². The van der Waals surface area contributed by atoms with Crippen LogP contribution < -0.4 is 5.32 Å². The van der Waals surface area contributed by atoms with Crippen LogP contribution in [0, 0.1) is 0 Å². The monoisotopic (exact) mass is 417 g/mol. The van der Waals surface area contributed by atoms with Crippen molar-refractivity contribution in [1.82, 2.24) is 5.32 Å². The third kappa shape index (κ3) is 5.05. The number of allylic oxidation sites excluding steroid dienone is 2. The fourth-order valence-corrected chi connectivity index (χ4v) is 3.07. The van der Waals surface area contributed by atoms with Crippen molar-refractivity contribution in [3.05, 3.63) is 52.5 Å². The van der Waals surface area contributed by atoms with Gasteiger partial charge in [0, 0.05) is 24.0 Å². The van der Waals surface area contributed by atoms with Crippen LogP contribution in [-0.2, 0) is 35.1 Å². The van der Waals surface area contributed by atoms with Crippen LogP contribution in [0.15, 0.2) is 46.9 Å². The van der Waals surface area contributed by atoms with Gasteiger partial charge in [-0.15, -0.1) is 0 Å². The average molecular weight is 417 g/mol. The van der Waals surface area contributed by atoms with E-state index in [0.29, 0.717) is 5.56 Å². The van der Waals surface area contributed by atoms with Gasteiger partial charge in [0.05, 0.1) is 14.2 Å². The Morgan fingerprint density at radius 2 is 1.60 bits per heavy atom. The van der Waals surface area contributed by atoms with Crippen LogP contribution in [0.5, 0.6) is 5.75 Å². The van der Waals surface area contributed by atoms with E-state index in [2.05, 4.69) is 5.32 Å². The number of aromatic hydroxyl groups is 1. The van der Waals surface area contributed by atoms with E-state index in [1.54, 1.807) is 12.1 Å². The molecule has 0 heterocycles. The number of rotatable bonds is 9. The summed E-state index contributed by atoms with van der Waals surface area (Å²) in [6.45, 7) is 1.46. The number of Topliss-reactive ketones (excluding diaryl/α,β-unsaturated/α-hetero) is 2. The molecule has 1 amide bonds. The molecule has 160 valence electrons. The van der Waals surface area contributed by atoms with Gasteiger partial charge < -0.3 is 25.0 Å². The summed E-state index contributed by atoms with van der Waals surface area (Å²) in [6.07, 6.45) is -0.226. The van der Waals surface area contributed by atoms with Gasteiger partial charge in [-0.05, 0) is 31.0 Å². The molecular formula is C21H23NO8. The van der Waals surface area contributed by atoms with Gasteiger partial charge in [0.15, 0.2) is 0 Å². The number of ketones is 2. The largest absolute Gasteiger partial charge is 0.508 e. The van der Waals surface area contributed by atoms with Crippen LogP contribution in [0.2, 0.25) is 0 Å². The maximum atomic E-state index is 12.6. The van der Waals surface area contributed by atoms with Gasteiger partial charge in [-0.25, -0.2) is 4.79 Å². The van der Waals surface area contributed by atoms with Crippen LogP contribution in [0.4, 0.5) is 0 Å². The molecule has 3 N–H and O–H groups in total. The summed E-state index contributed by atoms with van der Waals surface area (Å²) in [6, 6.07) is 4.78. The molecule has 1 atom stereocenters. The molecule has 0 aliphatic heterocycles. The minimum Gasteiger partial charge on any atom is -0.508 e. The molecule has 0 bridgehead atoms. The fourth-order valence-electron chi connectivity index (χ4n) is 3.07. The first-order valence-corrected chi connectivity index (χ1v) is 9.11. The quantitative estimate of drug-likeness (QED) is 0.510. The van der Waals surface area contributed by atoms with E-state index in [0.717, 1.165) is 0 Å². The van der Waals surface area contributed by atoms with E-state index in [4.69, 9.17) is 9.47 Å². The first-order chi connectivity index (χ1) is 14.2. The Bertz CT molecular complexity index is 927. The highest BCUT2D eigenvalue weighted by Crippen LogP contribution is 2.28. The van der Waals surface area contributed by atoms with E-state index in [9.17, 15) is 29.4 Å². The predicted octanol–water partition coefficient (Wildman–Crippen LogP) is 1.26. The zero-order chi connectivity index (χ0) is 22.4. The average Bonchev–Trinajstić information content (AvgIpc) is 2.71. The lowest BCUT2D eigenvalue weighted by atomic mass is 9.90. The standard InChI is InChI=1S/C21H23NO8/c1-11-14(18(26)20(30-3)19(29-2)17(11)25)8-9-16(24)22-15(21(27)28)10-12-4-6-13(23)7-5-12/h4-7,15,23H,8-10H2,1-3H3,(H,22,24)(H,27,28)/t15-/m0/s1. The minimum atomic E-state index is -1.22. The van der Waals surface area contributed by atoms with E-state index in [-0.39, 0.29) is 47.7 Å². The summed E-state index contributed by atoms with van der Waals surface area (Å²) in [7, 11) is 2.50. The molecule has 0 unspecified atom stereocenters. The zero-order valence-electron chi connectivity index (χ0n) is 16.9. The van der Waals surface area contributed by atoms with Gasteiger partial charge >= 0.3 is 5.97 Å². The second kappa shape index (κ2) is 9.73. The molecular weight excluding hydrogens is 394 g/mol. The van der Waals surface area contributed by atoms with Crippen molar-refractivity contribution in [2.75, 3.05) is 14.2 Å². The topological polar surface area (TPSA) is 139 Å². The van der Waals surface area contributed by atoms with Crippen molar-refractivity contribution in [3.8, 4) is 5.75 Å².